The van der Waals surface area contributed by atoms with E-state index in [2.05, 4.69) is 15.3 Å². The number of aromatic nitrogens is 2. The highest BCUT2D eigenvalue weighted by Gasteiger charge is 2.12. The van der Waals surface area contributed by atoms with Crippen molar-refractivity contribution in [2.45, 2.75) is 6.54 Å². The van der Waals surface area contributed by atoms with Gasteiger partial charge in [0.15, 0.2) is 0 Å². The Kier molecular flexibility index (Phi) is 3.47. The molecule has 2 N–H and O–H groups in total. The zero-order chi connectivity index (χ0) is 13.0. The molecule has 0 aliphatic rings. The van der Waals surface area contributed by atoms with Gasteiger partial charge in [-0.25, -0.2) is 14.2 Å². The van der Waals surface area contributed by atoms with E-state index >= 15 is 0 Å². The molecule has 0 amide bonds. The first-order chi connectivity index (χ1) is 8.66. The summed E-state index contributed by atoms with van der Waals surface area (Å²) < 4.78 is 12.9. The Hall–Kier alpha value is -2.50. The molecule has 0 aliphatic carbocycles. The Morgan fingerprint density at radius 3 is 2.89 bits per heavy atom. The van der Waals surface area contributed by atoms with E-state index in [1.807, 2.05) is 6.07 Å². The lowest BCUT2D eigenvalue weighted by Gasteiger charge is -2.07. The van der Waals surface area contributed by atoms with Crippen LogP contribution >= 0.6 is 0 Å². The number of anilines is 1. The van der Waals surface area contributed by atoms with E-state index in [1.165, 1.54) is 0 Å². The summed E-state index contributed by atoms with van der Waals surface area (Å²) in [6.07, 6.45) is 2.60. The topological polar surface area (TPSA) is 75.1 Å². The molecule has 2 rings (SSSR count). The van der Waals surface area contributed by atoms with Crippen molar-refractivity contribution in [3.05, 3.63) is 53.7 Å². The van der Waals surface area contributed by atoms with Crippen molar-refractivity contribution < 1.29 is 14.3 Å². The number of nitrogens with zero attached hydrogens (tertiary/aromatic N) is 2. The Labute approximate surface area is 102 Å². The molecular formula is C12H10FN3O2. The van der Waals surface area contributed by atoms with Gasteiger partial charge in [-0.2, -0.15) is 0 Å². The molecule has 2 aromatic heterocycles. The molecule has 0 atom stereocenters. The highest BCUT2D eigenvalue weighted by molar-refractivity contribution is 5.93. The largest absolute Gasteiger partial charge is 0.478 e. The molecule has 18 heavy (non-hydrogen) atoms. The number of rotatable bonds is 4. The van der Waals surface area contributed by atoms with Crippen LogP contribution in [0.1, 0.15) is 16.1 Å². The second-order valence-corrected chi connectivity index (χ2v) is 3.53. The van der Waals surface area contributed by atoms with Crippen molar-refractivity contribution in [2.75, 3.05) is 5.32 Å². The van der Waals surface area contributed by atoms with Gasteiger partial charge in [0.25, 0.3) is 0 Å². The van der Waals surface area contributed by atoms with Gasteiger partial charge >= 0.3 is 5.97 Å². The van der Waals surface area contributed by atoms with Crippen molar-refractivity contribution in [3.8, 4) is 0 Å². The molecule has 0 spiro atoms. The van der Waals surface area contributed by atoms with Crippen LogP contribution < -0.4 is 5.32 Å². The lowest BCUT2D eigenvalue weighted by molar-refractivity contribution is 0.0697. The number of aromatic carboxylic acids is 1. The molecule has 92 valence electrons. The summed E-state index contributed by atoms with van der Waals surface area (Å²) in [7, 11) is 0. The lowest BCUT2D eigenvalue weighted by Crippen LogP contribution is -2.09. The molecule has 6 heteroatoms. The average molecular weight is 247 g/mol. The van der Waals surface area contributed by atoms with Gasteiger partial charge in [0, 0.05) is 6.20 Å². The summed E-state index contributed by atoms with van der Waals surface area (Å²) in [5, 5.41) is 11.7. The molecule has 5 nitrogen and oxygen atoms in total. The minimum absolute atomic E-state index is 0.120. The number of halogens is 1. The van der Waals surface area contributed by atoms with Crippen molar-refractivity contribution in [1.82, 2.24) is 9.97 Å². The number of carboxylic acid groups (broad SMARTS) is 1. The average Bonchev–Trinajstić information content (AvgIpc) is 2.38. The third-order valence-electron chi connectivity index (χ3n) is 2.25. The van der Waals surface area contributed by atoms with Crippen LogP contribution in [0.15, 0.2) is 36.7 Å². The monoisotopic (exact) mass is 247 g/mol. The number of carbonyl (C=O) groups is 1. The summed E-state index contributed by atoms with van der Waals surface area (Å²) in [6.45, 7) is 0.319. The number of nitrogens with one attached hydrogen (secondary N) is 1. The first-order valence-electron chi connectivity index (χ1n) is 5.19. The highest BCUT2D eigenvalue weighted by Crippen LogP contribution is 2.14. The number of pyridine rings is 2. The molecule has 2 heterocycles. The van der Waals surface area contributed by atoms with E-state index in [0.29, 0.717) is 6.54 Å². The second-order valence-electron chi connectivity index (χ2n) is 3.53. The Balaban J connectivity index is 2.17. The fourth-order valence-corrected chi connectivity index (χ4v) is 1.42. The van der Waals surface area contributed by atoms with E-state index in [9.17, 15) is 9.18 Å². The van der Waals surface area contributed by atoms with Crippen molar-refractivity contribution in [1.29, 1.82) is 0 Å². The molecular weight excluding hydrogens is 237 g/mol. The fraction of sp³-hybridized carbons (Fsp3) is 0.0833. The minimum atomic E-state index is -1.23. The molecule has 0 aliphatic heterocycles. The van der Waals surface area contributed by atoms with Crippen LogP contribution in [0.25, 0.3) is 0 Å². The Morgan fingerprint density at radius 2 is 2.22 bits per heavy atom. The maximum absolute atomic E-state index is 12.9. The van der Waals surface area contributed by atoms with E-state index in [4.69, 9.17) is 5.11 Å². The molecule has 0 saturated carbocycles. The summed E-state index contributed by atoms with van der Waals surface area (Å²) in [5.74, 6) is -1.80. The summed E-state index contributed by atoms with van der Waals surface area (Å²) in [6, 6.07) is 6.32. The molecule has 0 aromatic carbocycles. The van der Waals surface area contributed by atoms with E-state index in [-0.39, 0.29) is 11.4 Å². The number of hydrogen-bond acceptors (Lipinski definition) is 4. The van der Waals surface area contributed by atoms with Crippen LogP contribution in [0, 0.1) is 5.82 Å². The first-order valence-corrected chi connectivity index (χ1v) is 5.19. The van der Waals surface area contributed by atoms with Crippen LogP contribution in [-0.4, -0.2) is 21.0 Å². The van der Waals surface area contributed by atoms with Gasteiger partial charge in [0.1, 0.15) is 17.2 Å². The van der Waals surface area contributed by atoms with Crippen LogP contribution in [0.5, 0.6) is 0 Å². The quantitative estimate of drug-likeness (QED) is 0.863. The normalized spacial score (nSPS) is 10.1. The fourth-order valence-electron chi connectivity index (χ4n) is 1.42. The number of hydrogen-bond donors (Lipinski definition) is 2. The zero-order valence-corrected chi connectivity index (χ0v) is 9.30. The van der Waals surface area contributed by atoms with Crippen LogP contribution in [0.4, 0.5) is 10.2 Å². The molecule has 0 radical (unpaired) electrons. The van der Waals surface area contributed by atoms with Gasteiger partial charge in [-0.3, -0.25) is 4.98 Å². The van der Waals surface area contributed by atoms with E-state index in [0.717, 1.165) is 18.0 Å². The minimum Gasteiger partial charge on any atom is -0.478 e. The molecule has 0 fully saturated rings. The summed E-state index contributed by atoms with van der Waals surface area (Å²) >= 11 is 0. The van der Waals surface area contributed by atoms with Gasteiger partial charge < -0.3 is 10.4 Å². The molecule has 0 saturated heterocycles. The van der Waals surface area contributed by atoms with E-state index in [1.54, 1.807) is 18.3 Å². The van der Waals surface area contributed by atoms with Crippen molar-refractivity contribution >= 4 is 11.8 Å². The van der Waals surface area contributed by atoms with Gasteiger partial charge in [0.05, 0.1) is 18.4 Å². The molecule has 0 bridgehead atoms. The van der Waals surface area contributed by atoms with Crippen LogP contribution in [0.3, 0.4) is 0 Å². The van der Waals surface area contributed by atoms with Gasteiger partial charge in [-0.1, -0.05) is 6.07 Å². The molecule has 0 unspecified atom stereocenters. The lowest BCUT2D eigenvalue weighted by atomic mass is 10.2. The van der Waals surface area contributed by atoms with Crippen molar-refractivity contribution in [3.63, 3.8) is 0 Å². The maximum atomic E-state index is 12.9. The summed E-state index contributed by atoms with van der Waals surface area (Å²) in [4.78, 5) is 18.7. The third kappa shape index (κ3) is 2.79. The Bertz CT molecular complexity index is 561. The zero-order valence-electron chi connectivity index (χ0n) is 9.30. The second kappa shape index (κ2) is 5.22. The van der Waals surface area contributed by atoms with Crippen LogP contribution in [0.2, 0.25) is 0 Å². The van der Waals surface area contributed by atoms with E-state index < -0.39 is 11.8 Å². The smallest absolute Gasteiger partial charge is 0.339 e. The predicted molar refractivity (Wildman–Crippen MR) is 62.7 cm³/mol. The van der Waals surface area contributed by atoms with Crippen molar-refractivity contribution in [2.24, 2.45) is 0 Å². The van der Waals surface area contributed by atoms with Gasteiger partial charge in [0.2, 0.25) is 0 Å². The SMILES string of the molecule is O=C(O)c1cc(F)cnc1NCc1ccccn1. The van der Waals surface area contributed by atoms with Gasteiger partial charge in [-0.15, -0.1) is 0 Å². The predicted octanol–water partition coefficient (Wildman–Crippen LogP) is 1.93. The van der Waals surface area contributed by atoms with Gasteiger partial charge in [-0.05, 0) is 18.2 Å². The Morgan fingerprint density at radius 1 is 1.39 bits per heavy atom. The number of carboxylic acids is 1. The highest BCUT2D eigenvalue weighted by atomic mass is 19.1. The third-order valence-corrected chi connectivity index (χ3v) is 2.25. The summed E-state index contributed by atoms with van der Waals surface area (Å²) in [5.41, 5.74) is 0.533. The molecule has 2 aromatic rings. The van der Waals surface area contributed by atoms with Crippen LogP contribution in [-0.2, 0) is 6.54 Å². The standard InChI is InChI=1S/C12H10FN3O2/c13-8-5-10(12(17)18)11(15-6-8)16-7-9-3-1-2-4-14-9/h1-6H,7H2,(H,15,16)(H,17,18). The first kappa shape index (κ1) is 12.0. The maximum Gasteiger partial charge on any atom is 0.339 e.